The van der Waals surface area contributed by atoms with E-state index >= 15 is 0 Å². The van der Waals surface area contributed by atoms with Crippen molar-refractivity contribution < 1.29 is 0 Å². The molecule has 0 unspecified atom stereocenters. The Bertz CT molecular complexity index is 188. The van der Waals surface area contributed by atoms with Gasteiger partial charge in [-0.2, -0.15) is 0 Å². The molecule has 1 heterocycles. The second kappa shape index (κ2) is 7.14. The van der Waals surface area contributed by atoms with Crippen molar-refractivity contribution in [2.45, 2.75) is 26.2 Å². The third-order valence-electron chi connectivity index (χ3n) is 2.90. The number of nitrogens with zero attached hydrogens (tertiary/aromatic N) is 2. The lowest BCUT2D eigenvalue weighted by atomic mass is 10.2. The molecule has 1 aliphatic rings. The molecule has 0 radical (unpaired) electrons. The van der Waals surface area contributed by atoms with Crippen LogP contribution in [0.4, 0.5) is 0 Å². The van der Waals surface area contributed by atoms with E-state index in [1.54, 1.807) is 0 Å². The van der Waals surface area contributed by atoms with Gasteiger partial charge in [0.1, 0.15) is 0 Å². The van der Waals surface area contributed by atoms with Gasteiger partial charge in [-0.3, -0.25) is 0 Å². The molecule has 0 amide bonds. The molecule has 0 aromatic rings. The van der Waals surface area contributed by atoms with E-state index in [1.807, 2.05) is 0 Å². The number of hydrogen-bond donors (Lipinski definition) is 1. The molecule has 88 valence electrons. The molecule has 3 nitrogen and oxygen atoms in total. The van der Waals surface area contributed by atoms with Gasteiger partial charge in [0.2, 0.25) is 0 Å². The maximum Gasteiger partial charge on any atom is 0.0727 e. The molecule has 1 saturated heterocycles. The molecule has 0 aromatic heterocycles. The van der Waals surface area contributed by atoms with Crippen molar-refractivity contribution in [2.75, 3.05) is 39.3 Å². The monoisotopic (exact) mass is 229 g/mol. The first-order chi connectivity index (χ1) is 7.22. The van der Waals surface area contributed by atoms with Crippen LogP contribution in [0.1, 0.15) is 26.2 Å². The smallest absolute Gasteiger partial charge is 0.0727 e. The molecular weight excluding hydrogens is 206 g/mol. The largest absolute Gasteiger partial charge is 0.393 e. The van der Waals surface area contributed by atoms with Gasteiger partial charge in [-0.05, 0) is 32.4 Å². The zero-order valence-electron chi connectivity index (χ0n) is 9.74. The lowest BCUT2D eigenvalue weighted by Crippen LogP contribution is -2.46. The molecule has 0 bridgehead atoms. The fraction of sp³-hybridized carbons (Fsp3) is 0.909. The average Bonchev–Trinajstić information content (AvgIpc) is 2.20. The van der Waals surface area contributed by atoms with Crippen LogP contribution in [0.15, 0.2) is 0 Å². The van der Waals surface area contributed by atoms with Crippen LogP contribution in [0.2, 0.25) is 0 Å². The highest BCUT2D eigenvalue weighted by Gasteiger charge is 2.15. The van der Waals surface area contributed by atoms with Crippen LogP contribution < -0.4 is 5.73 Å². The Morgan fingerprint density at radius 3 is 2.13 bits per heavy atom. The highest BCUT2D eigenvalue weighted by molar-refractivity contribution is 7.80. The van der Waals surface area contributed by atoms with Crippen LogP contribution in [-0.4, -0.2) is 54.1 Å². The zero-order valence-corrected chi connectivity index (χ0v) is 10.6. The number of hydrogen-bond acceptors (Lipinski definition) is 3. The minimum absolute atomic E-state index is 0.652. The fourth-order valence-corrected chi connectivity index (χ4v) is 2.17. The van der Waals surface area contributed by atoms with Gasteiger partial charge in [0, 0.05) is 26.2 Å². The molecule has 15 heavy (non-hydrogen) atoms. The molecule has 1 fully saturated rings. The third kappa shape index (κ3) is 5.44. The number of nitrogens with two attached hydrogens (primary N) is 1. The minimum Gasteiger partial charge on any atom is -0.393 e. The summed E-state index contributed by atoms with van der Waals surface area (Å²) in [4.78, 5) is 5.72. The van der Waals surface area contributed by atoms with Crippen LogP contribution in [0, 0.1) is 0 Å². The zero-order chi connectivity index (χ0) is 11.1. The summed E-state index contributed by atoms with van der Waals surface area (Å²) in [7, 11) is 0. The van der Waals surface area contributed by atoms with Gasteiger partial charge in [0.25, 0.3) is 0 Å². The Labute approximate surface area is 98.6 Å². The summed E-state index contributed by atoms with van der Waals surface area (Å²) in [6.45, 7) is 9.50. The second-order valence-electron chi connectivity index (χ2n) is 4.25. The van der Waals surface area contributed by atoms with E-state index in [9.17, 15) is 0 Å². The Hall–Kier alpha value is -0.190. The van der Waals surface area contributed by atoms with E-state index < -0.39 is 0 Å². The van der Waals surface area contributed by atoms with Crippen molar-refractivity contribution in [3.05, 3.63) is 0 Å². The lowest BCUT2D eigenvalue weighted by molar-refractivity contribution is 0.132. The van der Waals surface area contributed by atoms with E-state index in [0.717, 1.165) is 19.4 Å². The average molecular weight is 229 g/mol. The van der Waals surface area contributed by atoms with Gasteiger partial charge in [-0.25, -0.2) is 0 Å². The molecule has 1 rings (SSSR count). The predicted octanol–water partition coefficient (Wildman–Crippen LogP) is 1.08. The molecule has 2 N–H and O–H groups in total. The summed E-state index contributed by atoms with van der Waals surface area (Å²) in [5.74, 6) is 0. The maximum absolute atomic E-state index is 5.47. The Kier molecular flexibility index (Phi) is 6.13. The maximum atomic E-state index is 5.47. The molecule has 4 heteroatoms. The molecule has 0 aromatic carbocycles. The van der Waals surface area contributed by atoms with Crippen LogP contribution in [0.5, 0.6) is 0 Å². The molecule has 0 atom stereocenters. The molecule has 0 spiro atoms. The molecular formula is C11H23N3S. The standard InChI is InChI=1S/C11H23N3S/c1-2-5-13-7-9-14(10-8-13)6-3-4-11(12)15/h2-10H2,1H3,(H2,12,15). The van der Waals surface area contributed by atoms with Gasteiger partial charge in [0.05, 0.1) is 4.99 Å². The van der Waals surface area contributed by atoms with Gasteiger partial charge in [-0.1, -0.05) is 19.1 Å². The highest BCUT2D eigenvalue weighted by atomic mass is 32.1. The van der Waals surface area contributed by atoms with Crippen LogP contribution in [-0.2, 0) is 0 Å². The van der Waals surface area contributed by atoms with Gasteiger partial charge in [0.15, 0.2) is 0 Å². The summed E-state index contributed by atoms with van der Waals surface area (Å²) < 4.78 is 0. The Balaban J connectivity index is 2.06. The van der Waals surface area contributed by atoms with Crippen molar-refractivity contribution in [3.8, 4) is 0 Å². The van der Waals surface area contributed by atoms with Crippen LogP contribution in [0.25, 0.3) is 0 Å². The molecule has 1 aliphatic heterocycles. The summed E-state index contributed by atoms with van der Waals surface area (Å²) in [5, 5.41) is 0. The third-order valence-corrected chi connectivity index (χ3v) is 3.11. The van der Waals surface area contributed by atoms with Crippen molar-refractivity contribution in [3.63, 3.8) is 0 Å². The fourth-order valence-electron chi connectivity index (χ4n) is 2.03. The summed E-state index contributed by atoms with van der Waals surface area (Å²) in [6.07, 6.45) is 3.27. The van der Waals surface area contributed by atoms with Crippen LogP contribution in [0.3, 0.4) is 0 Å². The SMILES string of the molecule is CCCN1CCN(CCCC(N)=S)CC1. The Morgan fingerprint density at radius 1 is 1.13 bits per heavy atom. The first-order valence-corrected chi connectivity index (χ1v) is 6.36. The molecule has 0 saturated carbocycles. The summed E-state index contributed by atoms with van der Waals surface area (Å²) >= 11 is 4.87. The molecule has 0 aliphatic carbocycles. The summed E-state index contributed by atoms with van der Waals surface area (Å²) in [6, 6.07) is 0. The normalized spacial score (nSPS) is 19.3. The van der Waals surface area contributed by atoms with E-state index in [-0.39, 0.29) is 0 Å². The van der Waals surface area contributed by atoms with Gasteiger partial charge >= 0.3 is 0 Å². The lowest BCUT2D eigenvalue weighted by Gasteiger charge is -2.34. The summed E-state index contributed by atoms with van der Waals surface area (Å²) in [5.41, 5.74) is 5.47. The van der Waals surface area contributed by atoms with E-state index in [4.69, 9.17) is 18.0 Å². The van der Waals surface area contributed by atoms with Crippen molar-refractivity contribution in [2.24, 2.45) is 5.73 Å². The van der Waals surface area contributed by atoms with Gasteiger partial charge < -0.3 is 15.5 Å². The van der Waals surface area contributed by atoms with E-state index in [1.165, 1.54) is 39.1 Å². The number of piperazine rings is 1. The minimum atomic E-state index is 0.652. The second-order valence-corrected chi connectivity index (χ2v) is 4.78. The highest BCUT2D eigenvalue weighted by Crippen LogP contribution is 2.04. The number of thiocarbonyl (C=S) groups is 1. The first kappa shape index (κ1) is 12.9. The van der Waals surface area contributed by atoms with E-state index in [0.29, 0.717) is 4.99 Å². The predicted molar refractivity (Wildman–Crippen MR) is 69.2 cm³/mol. The number of rotatable bonds is 6. The van der Waals surface area contributed by atoms with Crippen molar-refractivity contribution in [1.82, 2.24) is 9.80 Å². The topological polar surface area (TPSA) is 32.5 Å². The Morgan fingerprint density at radius 2 is 1.67 bits per heavy atom. The van der Waals surface area contributed by atoms with Crippen molar-refractivity contribution in [1.29, 1.82) is 0 Å². The quantitative estimate of drug-likeness (QED) is 0.691. The first-order valence-electron chi connectivity index (χ1n) is 5.95. The van der Waals surface area contributed by atoms with Crippen molar-refractivity contribution >= 4 is 17.2 Å². The van der Waals surface area contributed by atoms with E-state index in [2.05, 4.69) is 16.7 Å². The van der Waals surface area contributed by atoms with Gasteiger partial charge in [-0.15, -0.1) is 0 Å². The van der Waals surface area contributed by atoms with Crippen LogP contribution >= 0.6 is 12.2 Å².